The van der Waals surface area contributed by atoms with Crippen LogP contribution in [0, 0.1) is 21.3 Å². The number of hydrogen-bond donors (Lipinski definition) is 0. The number of carbonyl (C=O) groups is 1. The Morgan fingerprint density at radius 2 is 1.88 bits per heavy atom. The summed E-state index contributed by atoms with van der Waals surface area (Å²) < 4.78 is 18.8. The number of nitro groups is 1. The van der Waals surface area contributed by atoms with E-state index < -0.39 is 16.4 Å². The first-order valence-electron chi connectivity index (χ1n) is 8.54. The van der Waals surface area contributed by atoms with Crippen LogP contribution < -0.4 is 0 Å². The van der Waals surface area contributed by atoms with Crippen molar-refractivity contribution in [3.05, 3.63) is 39.7 Å². The maximum atomic E-state index is 13.8. The van der Waals surface area contributed by atoms with Crippen LogP contribution in [0.5, 0.6) is 0 Å². The molecule has 0 aromatic heterocycles. The molecule has 2 bridgehead atoms. The van der Waals surface area contributed by atoms with Gasteiger partial charge in [0.25, 0.3) is 0 Å². The number of methoxy groups -OCH3 is 1. The van der Waals surface area contributed by atoms with E-state index in [0.29, 0.717) is 6.54 Å². The second-order valence-corrected chi connectivity index (χ2v) is 7.40. The summed E-state index contributed by atoms with van der Waals surface area (Å²) in [6, 6.07) is 4.08. The fraction of sp³-hybridized carbons (Fsp3) is 0.611. The number of fused-ring (bicyclic) bond motifs is 3. The normalized spacial score (nSPS) is 28.2. The molecule has 0 aliphatic heterocycles. The van der Waals surface area contributed by atoms with Gasteiger partial charge in [0.05, 0.1) is 17.4 Å². The van der Waals surface area contributed by atoms with Crippen LogP contribution in [0.4, 0.5) is 10.1 Å². The molecule has 0 saturated heterocycles. The number of ether oxygens (including phenoxy) is 1. The second-order valence-electron chi connectivity index (χ2n) is 7.40. The molecule has 1 aromatic carbocycles. The molecule has 4 rings (SSSR count). The Morgan fingerprint density at radius 1 is 1.28 bits per heavy atom. The summed E-state index contributed by atoms with van der Waals surface area (Å²) in [6.07, 6.45) is 5.19. The topological polar surface area (TPSA) is 72.7 Å². The lowest BCUT2D eigenvalue weighted by atomic mass is 9.56. The maximum absolute atomic E-state index is 13.8. The SMILES string of the molecule is COC(=O)C12CCC(N(C)Cc3ccc([N+](=O)[O-])c(F)c3)(CC1)CC2. The fourth-order valence-electron chi connectivity index (χ4n) is 4.50. The van der Waals surface area contributed by atoms with E-state index >= 15 is 0 Å². The number of halogens is 1. The van der Waals surface area contributed by atoms with Crippen molar-refractivity contribution in [2.24, 2.45) is 5.41 Å². The number of nitrogens with zero attached hydrogens (tertiary/aromatic N) is 2. The van der Waals surface area contributed by atoms with Gasteiger partial charge in [-0.25, -0.2) is 0 Å². The lowest BCUT2D eigenvalue weighted by Gasteiger charge is -2.55. The van der Waals surface area contributed by atoms with Crippen molar-refractivity contribution in [3.8, 4) is 0 Å². The van der Waals surface area contributed by atoms with Crippen LogP contribution in [0.2, 0.25) is 0 Å². The van der Waals surface area contributed by atoms with Crippen molar-refractivity contribution in [3.63, 3.8) is 0 Å². The molecule has 1 aromatic rings. The van der Waals surface area contributed by atoms with Gasteiger partial charge < -0.3 is 4.74 Å². The van der Waals surface area contributed by atoms with E-state index in [1.807, 2.05) is 7.05 Å². The third-order valence-electron chi connectivity index (χ3n) is 6.26. The summed E-state index contributed by atoms with van der Waals surface area (Å²) in [6.45, 7) is 0.528. The maximum Gasteiger partial charge on any atom is 0.311 e. The largest absolute Gasteiger partial charge is 0.469 e. The average molecular weight is 350 g/mol. The van der Waals surface area contributed by atoms with Gasteiger partial charge in [-0.2, -0.15) is 4.39 Å². The van der Waals surface area contributed by atoms with Gasteiger partial charge in [-0.05, 0) is 57.2 Å². The van der Waals surface area contributed by atoms with Crippen molar-refractivity contribution in [2.45, 2.75) is 50.6 Å². The molecular weight excluding hydrogens is 327 g/mol. The van der Waals surface area contributed by atoms with Gasteiger partial charge in [0, 0.05) is 18.2 Å². The lowest BCUT2D eigenvalue weighted by molar-refractivity contribution is -0.387. The molecule has 3 aliphatic carbocycles. The van der Waals surface area contributed by atoms with Crippen LogP contribution in [0.1, 0.15) is 44.1 Å². The van der Waals surface area contributed by atoms with Gasteiger partial charge in [-0.15, -0.1) is 0 Å². The zero-order chi connectivity index (χ0) is 18.2. The van der Waals surface area contributed by atoms with Crippen LogP contribution in [-0.2, 0) is 16.1 Å². The fourth-order valence-corrected chi connectivity index (χ4v) is 4.50. The highest BCUT2D eigenvalue weighted by molar-refractivity contribution is 5.77. The minimum atomic E-state index is -0.801. The zero-order valence-corrected chi connectivity index (χ0v) is 14.6. The Morgan fingerprint density at radius 3 is 2.36 bits per heavy atom. The van der Waals surface area contributed by atoms with Crippen LogP contribution >= 0.6 is 0 Å². The van der Waals surface area contributed by atoms with Crippen LogP contribution in [-0.4, -0.2) is 35.5 Å². The number of benzene rings is 1. The van der Waals surface area contributed by atoms with Crippen molar-refractivity contribution < 1.29 is 18.8 Å². The Bertz CT molecular complexity index is 682. The third-order valence-corrected chi connectivity index (χ3v) is 6.26. The molecule has 25 heavy (non-hydrogen) atoms. The molecule has 0 amide bonds. The van der Waals surface area contributed by atoms with Crippen LogP contribution in [0.3, 0.4) is 0 Å². The van der Waals surface area contributed by atoms with Crippen molar-refractivity contribution in [1.82, 2.24) is 4.90 Å². The number of carbonyl (C=O) groups excluding carboxylic acids is 1. The molecule has 0 radical (unpaired) electrons. The van der Waals surface area contributed by atoms with Crippen LogP contribution in [0.15, 0.2) is 18.2 Å². The summed E-state index contributed by atoms with van der Waals surface area (Å²) in [5.41, 5.74) is -0.0942. The molecule has 6 nitrogen and oxygen atoms in total. The molecular formula is C18H23FN2O4. The van der Waals surface area contributed by atoms with Gasteiger partial charge in [0.15, 0.2) is 0 Å². The molecule has 0 unspecified atom stereocenters. The standard InChI is InChI=1S/C18H23FN2O4/c1-20(12-13-3-4-15(21(23)24)14(19)11-13)18-8-5-17(6-9-18,7-10-18)16(22)25-2/h3-4,11H,5-10,12H2,1-2H3. The Hall–Kier alpha value is -2.02. The van der Waals surface area contributed by atoms with Crippen LogP contribution in [0.25, 0.3) is 0 Å². The third kappa shape index (κ3) is 3.01. The minimum absolute atomic E-state index is 0.00796. The van der Waals surface area contributed by atoms with E-state index in [9.17, 15) is 19.3 Å². The summed E-state index contributed by atoms with van der Waals surface area (Å²) >= 11 is 0. The lowest BCUT2D eigenvalue weighted by Crippen LogP contribution is -2.57. The molecule has 3 saturated carbocycles. The highest BCUT2D eigenvalue weighted by Crippen LogP contribution is 2.55. The monoisotopic (exact) mass is 350 g/mol. The number of esters is 1. The first-order chi connectivity index (χ1) is 11.8. The first kappa shape index (κ1) is 17.8. The van der Waals surface area contributed by atoms with E-state index in [1.54, 1.807) is 6.07 Å². The average Bonchev–Trinajstić information content (AvgIpc) is 2.62. The molecule has 3 fully saturated rings. The Labute approximate surface area is 146 Å². The molecule has 7 heteroatoms. The van der Waals surface area contributed by atoms with Crippen molar-refractivity contribution in [1.29, 1.82) is 0 Å². The molecule has 0 atom stereocenters. The summed E-state index contributed by atoms with van der Waals surface area (Å²) in [4.78, 5) is 24.3. The summed E-state index contributed by atoms with van der Waals surface area (Å²) in [5.74, 6) is -0.897. The predicted molar refractivity (Wildman–Crippen MR) is 89.4 cm³/mol. The Kier molecular flexibility index (Phi) is 4.53. The van der Waals surface area contributed by atoms with Crippen molar-refractivity contribution in [2.75, 3.05) is 14.2 Å². The van der Waals surface area contributed by atoms with E-state index in [4.69, 9.17) is 4.74 Å². The molecule has 136 valence electrons. The van der Waals surface area contributed by atoms with E-state index in [1.165, 1.54) is 19.2 Å². The number of hydrogen-bond acceptors (Lipinski definition) is 5. The quantitative estimate of drug-likeness (QED) is 0.462. The molecule has 3 aliphatic rings. The van der Waals surface area contributed by atoms with E-state index in [2.05, 4.69) is 4.90 Å². The van der Waals surface area contributed by atoms with Gasteiger partial charge in [0.1, 0.15) is 0 Å². The molecule has 0 spiro atoms. The van der Waals surface area contributed by atoms with E-state index in [-0.39, 0.29) is 16.9 Å². The highest BCUT2D eigenvalue weighted by atomic mass is 19.1. The van der Waals surface area contributed by atoms with Gasteiger partial charge in [-0.3, -0.25) is 19.8 Å². The van der Waals surface area contributed by atoms with Gasteiger partial charge in [-0.1, -0.05) is 6.07 Å². The second kappa shape index (κ2) is 6.37. The molecule has 0 heterocycles. The van der Waals surface area contributed by atoms with E-state index in [0.717, 1.165) is 44.1 Å². The molecule has 0 N–H and O–H groups in total. The zero-order valence-electron chi connectivity index (χ0n) is 14.6. The predicted octanol–water partition coefficient (Wildman–Crippen LogP) is 3.43. The summed E-state index contributed by atoms with van der Waals surface area (Å²) in [5, 5.41) is 10.7. The summed E-state index contributed by atoms with van der Waals surface area (Å²) in [7, 11) is 3.46. The number of nitro benzene ring substituents is 1. The minimum Gasteiger partial charge on any atom is -0.469 e. The Balaban J connectivity index is 1.71. The van der Waals surface area contributed by atoms with Gasteiger partial charge >= 0.3 is 11.7 Å². The first-order valence-corrected chi connectivity index (χ1v) is 8.54. The van der Waals surface area contributed by atoms with Gasteiger partial charge in [0.2, 0.25) is 5.82 Å². The van der Waals surface area contributed by atoms with Crippen molar-refractivity contribution >= 4 is 11.7 Å². The highest BCUT2D eigenvalue weighted by Gasteiger charge is 2.54. The number of rotatable bonds is 5. The smallest absolute Gasteiger partial charge is 0.311 e.